The third-order valence-electron chi connectivity index (χ3n) is 7.47. The van der Waals surface area contributed by atoms with Gasteiger partial charge in [0.25, 0.3) is 0 Å². The Labute approximate surface area is 168 Å². The molecule has 4 aliphatic carbocycles. The smallest absolute Gasteiger partial charge is 0.224 e. The second kappa shape index (κ2) is 7.49. The molecule has 0 unspecified atom stereocenters. The molecule has 1 N–H and O–H groups in total. The molecule has 4 fully saturated rings. The number of nitrogens with one attached hydrogen (secondary N) is 1. The summed E-state index contributed by atoms with van der Waals surface area (Å²) in [5.41, 5.74) is 1.18. The van der Waals surface area contributed by atoms with Crippen molar-refractivity contribution in [3.8, 4) is 17.2 Å². The predicted molar refractivity (Wildman–Crippen MR) is 108 cm³/mol. The molecule has 4 bridgehead atoms. The molecule has 1 aromatic rings. The molecule has 4 saturated carbocycles. The van der Waals surface area contributed by atoms with Crippen molar-refractivity contribution in [2.75, 3.05) is 21.3 Å². The lowest BCUT2D eigenvalue weighted by Gasteiger charge is -2.59. The van der Waals surface area contributed by atoms with E-state index in [9.17, 15) is 4.79 Å². The van der Waals surface area contributed by atoms with Crippen molar-refractivity contribution < 1.29 is 19.0 Å². The number of hydrogen-bond acceptors (Lipinski definition) is 4. The maximum absolute atomic E-state index is 12.8. The van der Waals surface area contributed by atoms with E-state index in [-0.39, 0.29) is 11.9 Å². The number of carbonyl (C=O) groups is 1. The van der Waals surface area contributed by atoms with E-state index in [4.69, 9.17) is 14.2 Å². The van der Waals surface area contributed by atoms with Crippen molar-refractivity contribution in [3.05, 3.63) is 17.7 Å². The maximum atomic E-state index is 12.8. The molecule has 4 aliphatic rings. The number of carbonyl (C=O) groups excluding carboxylic acids is 1. The fourth-order valence-electron chi connectivity index (χ4n) is 6.58. The summed E-state index contributed by atoms with van der Waals surface area (Å²) in [6, 6.07) is 3.95. The van der Waals surface area contributed by atoms with Crippen LogP contribution in [0.4, 0.5) is 0 Å². The molecule has 1 amide bonds. The van der Waals surface area contributed by atoms with Gasteiger partial charge < -0.3 is 19.5 Å². The van der Waals surface area contributed by atoms with Gasteiger partial charge in [-0.25, -0.2) is 0 Å². The molecule has 5 nitrogen and oxygen atoms in total. The largest absolute Gasteiger partial charge is 0.493 e. The molecular weight excluding hydrogens is 354 g/mol. The standard InChI is InChI=1S/C23H33NO4/c1-14(23-11-16-5-17(12-23)7-18(6-16)13-23)24-21(25)10-15-8-19(26-2)22(28-4)20(9-15)27-3/h8-9,14,16-18H,5-7,10-13H2,1-4H3,(H,24,25)/t14-,16?,17?,18?,23?/m1/s1. The third kappa shape index (κ3) is 3.44. The first-order valence-electron chi connectivity index (χ1n) is 10.5. The van der Waals surface area contributed by atoms with Gasteiger partial charge >= 0.3 is 0 Å². The van der Waals surface area contributed by atoms with Crippen LogP contribution in [0.1, 0.15) is 51.0 Å². The predicted octanol–water partition coefficient (Wildman–Crippen LogP) is 3.98. The minimum atomic E-state index is 0.0671. The highest BCUT2D eigenvalue weighted by Gasteiger charge is 2.53. The Hall–Kier alpha value is -1.91. The highest BCUT2D eigenvalue weighted by atomic mass is 16.5. The van der Waals surface area contributed by atoms with E-state index in [1.807, 2.05) is 12.1 Å². The number of benzene rings is 1. The van der Waals surface area contributed by atoms with Gasteiger partial charge in [-0.05, 0) is 86.3 Å². The normalized spacial score (nSPS) is 31.4. The van der Waals surface area contributed by atoms with E-state index in [1.165, 1.54) is 38.5 Å². The van der Waals surface area contributed by atoms with Gasteiger partial charge in [0.1, 0.15) is 0 Å². The average molecular weight is 388 g/mol. The van der Waals surface area contributed by atoms with Crippen LogP contribution >= 0.6 is 0 Å². The van der Waals surface area contributed by atoms with Crippen molar-refractivity contribution in [1.29, 1.82) is 0 Å². The number of hydrogen-bond donors (Lipinski definition) is 1. The molecule has 0 aliphatic heterocycles. The van der Waals surface area contributed by atoms with E-state index >= 15 is 0 Å². The van der Waals surface area contributed by atoms with Gasteiger partial charge in [-0.15, -0.1) is 0 Å². The van der Waals surface area contributed by atoms with Crippen LogP contribution in [-0.4, -0.2) is 33.3 Å². The molecule has 0 radical (unpaired) electrons. The zero-order valence-electron chi connectivity index (χ0n) is 17.5. The Kier molecular flexibility index (Phi) is 5.19. The second-order valence-corrected chi connectivity index (χ2v) is 9.28. The van der Waals surface area contributed by atoms with Crippen molar-refractivity contribution in [1.82, 2.24) is 5.32 Å². The van der Waals surface area contributed by atoms with Gasteiger partial charge in [0.15, 0.2) is 11.5 Å². The minimum Gasteiger partial charge on any atom is -0.493 e. The van der Waals surface area contributed by atoms with E-state index in [2.05, 4.69) is 12.2 Å². The fraction of sp³-hybridized carbons (Fsp3) is 0.696. The van der Waals surface area contributed by atoms with E-state index < -0.39 is 0 Å². The van der Waals surface area contributed by atoms with Crippen molar-refractivity contribution in [2.45, 2.75) is 57.9 Å². The summed E-state index contributed by atoms with van der Waals surface area (Å²) in [4.78, 5) is 12.8. The van der Waals surface area contributed by atoms with Crippen molar-refractivity contribution >= 4 is 5.91 Å². The van der Waals surface area contributed by atoms with Gasteiger partial charge in [-0.3, -0.25) is 4.79 Å². The average Bonchev–Trinajstić information content (AvgIpc) is 2.65. The zero-order chi connectivity index (χ0) is 19.9. The topological polar surface area (TPSA) is 56.8 Å². The first-order chi connectivity index (χ1) is 13.5. The van der Waals surface area contributed by atoms with Crippen LogP contribution in [-0.2, 0) is 11.2 Å². The zero-order valence-corrected chi connectivity index (χ0v) is 17.5. The van der Waals surface area contributed by atoms with Crippen molar-refractivity contribution in [2.24, 2.45) is 23.2 Å². The quantitative estimate of drug-likeness (QED) is 0.769. The molecule has 1 aromatic carbocycles. The Morgan fingerprint density at radius 3 is 1.93 bits per heavy atom. The molecule has 5 rings (SSSR count). The van der Waals surface area contributed by atoms with Crippen LogP contribution in [0.2, 0.25) is 0 Å². The summed E-state index contributed by atoms with van der Waals surface area (Å²) in [6.07, 6.45) is 8.47. The molecule has 0 heterocycles. The molecule has 1 atom stereocenters. The summed E-state index contributed by atoms with van der Waals surface area (Å²) < 4.78 is 16.2. The third-order valence-corrected chi connectivity index (χ3v) is 7.47. The lowest BCUT2D eigenvalue weighted by atomic mass is 9.48. The van der Waals surface area contributed by atoms with Crippen LogP contribution in [0.5, 0.6) is 17.2 Å². The van der Waals surface area contributed by atoms with Gasteiger partial charge in [0.05, 0.1) is 27.8 Å². The molecule has 154 valence electrons. The second-order valence-electron chi connectivity index (χ2n) is 9.28. The van der Waals surface area contributed by atoms with Gasteiger partial charge in [-0.1, -0.05) is 0 Å². The SMILES string of the molecule is COc1cc(CC(=O)N[C@H](C)C23CC4CC(CC(C4)C2)C3)cc(OC)c1OC. The summed E-state index contributed by atoms with van der Waals surface area (Å²) in [7, 11) is 4.77. The first kappa shape index (κ1) is 19.4. The number of amides is 1. The fourth-order valence-corrected chi connectivity index (χ4v) is 6.58. The molecule has 28 heavy (non-hydrogen) atoms. The lowest BCUT2D eigenvalue weighted by Crippen LogP contribution is -2.56. The van der Waals surface area contributed by atoms with Crippen LogP contribution in [0.25, 0.3) is 0 Å². The lowest BCUT2D eigenvalue weighted by molar-refractivity contribution is -0.125. The summed E-state index contributed by atoms with van der Waals surface area (Å²) in [5.74, 6) is 4.45. The van der Waals surface area contributed by atoms with Gasteiger partial charge in [0, 0.05) is 6.04 Å². The molecule has 5 heteroatoms. The monoisotopic (exact) mass is 387 g/mol. The van der Waals surface area contributed by atoms with Crippen LogP contribution in [0.15, 0.2) is 12.1 Å². The number of rotatable bonds is 7. The number of ether oxygens (including phenoxy) is 3. The Bertz CT molecular complexity index is 684. The van der Waals surface area contributed by atoms with Crippen LogP contribution in [0.3, 0.4) is 0 Å². The number of methoxy groups -OCH3 is 3. The maximum Gasteiger partial charge on any atom is 0.224 e. The molecule has 0 saturated heterocycles. The molecule has 0 aromatic heterocycles. The highest BCUT2D eigenvalue weighted by Crippen LogP contribution is 2.61. The molecular formula is C23H33NO4. The Morgan fingerprint density at radius 2 is 1.50 bits per heavy atom. The highest BCUT2D eigenvalue weighted by molar-refractivity contribution is 5.79. The minimum absolute atomic E-state index is 0.0671. The van der Waals surface area contributed by atoms with E-state index in [0.717, 1.165) is 23.3 Å². The Balaban J connectivity index is 1.45. The summed E-state index contributed by atoms with van der Waals surface area (Å²) in [5, 5.41) is 3.34. The van der Waals surface area contributed by atoms with Crippen LogP contribution in [0, 0.1) is 23.2 Å². The first-order valence-corrected chi connectivity index (χ1v) is 10.5. The van der Waals surface area contributed by atoms with E-state index in [1.54, 1.807) is 21.3 Å². The van der Waals surface area contributed by atoms with Gasteiger partial charge in [-0.2, -0.15) is 0 Å². The van der Waals surface area contributed by atoms with Crippen LogP contribution < -0.4 is 19.5 Å². The summed E-state index contributed by atoms with van der Waals surface area (Å²) in [6.45, 7) is 2.22. The summed E-state index contributed by atoms with van der Waals surface area (Å²) >= 11 is 0. The van der Waals surface area contributed by atoms with Gasteiger partial charge in [0.2, 0.25) is 11.7 Å². The Morgan fingerprint density at radius 1 is 1.00 bits per heavy atom. The van der Waals surface area contributed by atoms with Crippen molar-refractivity contribution in [3.63, 3.8) is 0 Å². The molecule has 0 spiro atoms. The van der Waals surface area contributed by atoms with E-state index in [0.29, 0.717) is 29.1 Å².